The molecule has 3 N–H and O–H groups in total. The summed E-state index contributed by atoms with van der Waals surface area (Å²) in [6.07, 6.45) is 0.766. The van der Waals surface area contributed by atoms with Crippen molar-refractivity contribution < 1.29 is 5.11 Å². The topological polar surface area (TPSA) is 46.2 Å². The predicted molar refractivity (Wildman–Crippen MR) is 59.4 cm³/mol. The first-order chi connectivity index (χ1) is 6.59. The van der Waals surface area contributed by atoms with Crippen molar-refractivity contribution in [1.29, 1.82) is 0 Å². The molecule has 0 saturated heterocycles. The van der Waals surface area contributed by atoms with Crippen LogP contribution in [0.15, 0.2) is 24.3 Å². The minimum atomic E-state index is -0.408. The second kappa shape index (κ2) is 5.35. The number of aliphatic hydroxyl groups excluding tert-OH is 1. The van der Waals surface area contributed by atoms with Crippen LogP contribution >= 0.6 is 11.6 Å². The van der Waals surface area contributed by atoms with Crippen LogP contribution < -0.4 is 5.73 Å². The van der Waals surface area contributed by atoms with Gasteiger partial charge in [-0.05, 0) is 31.4 Å². The van der Waals surface area contributed by atoms with Crippen molar-refractivity contribution in [2.24, 2.45) is 5.73 Å². The maximum absolute atomic E-state index is 9.66. The molecule has 0 aliphatic carbocycles. The molecule has 0 aliphatic rings. The van der Waals surface area contributed by atoms with Crippen LogP contribution in [0.3, 0.4) is 0 Å². The molecule has 2 unspecified atom stereocenters. The summed E-state index contributed by atoms with van der Waals surface area (Å²) in [6.45, 7) is 1.88. The van der Waals surface area contributed by atoms with Crippen molar-refractivity contribution in [3.05, 3.63) is 34.9 Å². The van der Waals surface area contributed by atoms with Gasteiger partial charge >= 0.3 is 0 Å². The molecule has 0 aromatic heterocycles. The standard InChI is InChI=1S/C11H16ClNO/c1-8(13)6-10(14)7-9-4-2-3-5-11(9)12/h2-5,8,10,14H,6-7,13H2,1H3. The summed E-state index contributed by atoms with van der Waals surface area (Å²) in [5.41, 5.74) is 6.57. The third-order valence-electron chi connectivity index (χ3n) is 2.06. The highest BCUT2D eigenvalue weighted by Crippen LogP contribution is 2.17. The molecule has 1 rings (SSSR count). The SMILES string of the molecule is CC(N)CC(O)Cc1ccccc1Cl. The summed E-state index contributed by atoms with van der Waals surface area (Å²) >= 11 is 5.96. The molecule has 0 saturated carbocycles. The number of hydrogen-bond acceptors (Lipinski definition) is 2. The molecule has 14 heavy (non-hydrogen) atoms. The average Bonchev–Trinajstić information content (AvgIpc) is 2.07. The van der Waals surface area contributed by atoms with E-state index in [2.05, 4.69) is 0 Å². The van der Waals surface area contributed by atoms with Crippen LogP contribution in [0.25, 0.3) is 0 Å². The van der Waals surface area contributed by atoms with Gasteiger partial charge in [0.2, 0.25) is 0 Å². The first-order valence-electron chi connectivity index (χ1n) is 4.76. The Bertz CT molecular complexity index is 288. The van der Waals surface area contributed by atoms with E-state index < -0.39 is 6.10 Å². The molecule has 0 spiro atoms. The predicted octanol–water partition coefficient (Wildman–Crippen LogP) is 1.98. The van der Waals surface area contributed by atoms with Gasteiger partial charge < -0.3 is 10.8 Å². The Balaban J connectivity index is 2.56. The van der Waals surface area contributed by atoms with Gasteiger partial charge in [0.25, 0.3) is 0 Å². The summed E-state index contributed by atoms with van der Waals surface area (Å²) in [5, 5.41) is 10.4. The Hall–Kier alpha value is -0.570. The number of halogens is 1. The Morgan fingerprint density at radius 2 is 2.07 bits per heavy atom. The first-order valence-corrected chi connectivity index (χ1v) is 5.14. The van der Waals surface area contributed by atoms with E-state index in [0.29, 0.717) is 17.9 Å². The van der Waals surface area contributed by atoms with Crippen LogP contribution in [-0.2, 0) is 6.42 Å². The van der Waals surface area contributed by atoms with Crippen molar-refractivity contribution >= 4 is 11.6 Å². The lowest BCUT2D eigenvalue weighted by molar-refractivity contribution is 0.158. The van der Waals surface area contributed by atoms with Crippen molar-refractivity contribution in [1.82, 2.24) is 0 Å². The molecule has 0 bridgehead atoms. The van der Waals surface area contributed by atoms with Crippen LogP contribution in [-0.4, -0.2) is 17.3 Å². The van der Waals surface area contributed by atoms with Crippen molar-refractivity contribution in [2.75, 3.05) is 0 Å². The Morgan fingerprint density at radius 1 is 1.43 bits per heavy atom. The average molecular weight is 214 g/mol. The van der Waals surface area contributed by atoms with E-state index in [1.54, 1.807) is 0 Å². The number of aliphatic hydroxyl groups is 1. The van der Waals surface area contributed by atoms with Crippen molar-refractivity contribution in [2.45, 2.75) is 31.9 Å². The number of benzene rings is 1. The monoisotopic (exact) mass is 213 g/mol. The highest BCUT2D eigenvalue weighted by atomic mass is 35.5. The van der Waals surface area contributed by atoms with Gasteiger partial charge in [-0.2, -0.15) is 0 Å². The maximum Gasteiger partial charge on any atom is 0.0595 e. The largest absolute Gasteiger partial charge is 0.393 e. The molecule has 78 valence electrons. The van der Waals surface area contributed by atoms with Gasteiger partial charge in [0.1, 0.15) is 0 Å². The van der Waals surface area contributed by atoms with E-state index in [1.807, 2.05) is 31.2 Å². The van der Waals surface area contributed by atoms with E-state index in [0.717, 1.165) is 5.56 Å². The molecule has 0 heterocycles. The molecule has 1 aromatic carbocycles. The zero-order valence-corrected chi connectivity index (χ0v) is 9.04. The van der Waals surface area contributed by atoms with E-state index in [-0.39, 0.29) is 6.04 Å². The Kier molecular flexibility index (Phi) is 4.39. The third-order valence-corrected chi connectivity index (χ3v) is 2.43. The second-order valence-electron chi connectivity index (χ2n) is 3.66. The summed E-state index contributed by atoms with van der Waals surface area (Å²) in [5.74, 6) is 0. The molecule has 0 radical (unpaired) electrons. The zero-order valence-electron chi connectivity index (χ0n) is 8.28. The lowest BCUT2D eigenvalue weighted by Gasteiger charge is -2.13. The molecule has 0 aliphatic heterocycles. The second-order valence-corrected chi connectivity index (χ2v) is 4.07. The van der Waals surface area contributed by atoms with Crippen LogP contribution in [0.2, 0.25) is 5.02 Å². The van der Waals surface area contributed by atoms with E-state index in [9.17, 15) is 5.11 Å². The van der Waals surface area contributed by atoms with E-state index in [4.69, 9.17) is 17.3 Å². The minimum Gasteiger partial charge on any atom is -0.393 e. The molecule has 0 fully saturated rings. The van der Waals surface area contributed by atoms with Crippen LogP contribution in [0.5, 0.6) is 0 Å². The quantitative estimate of drug-likeness (QED) is 0.804. The van der Waals surface area contributed by atoms with Gasteiger partial charge in [0.05, 0.1) is 6.10 Å². The van der Waals surface area contributed by atoms with Crippen LogP contribution in [0.1, 0.15) is 18.9 Å². The van der Waals surface area contributed by atoms with Gasteiger partial charge in [-0.1, -0.05) is 29.8 Å². The number of hydrogen-bond donors (Lipinski definition) is 2. The fourth-order valence-electron chi connectivity index (χ4n) is 1.43. The van der Waals surface area contributed by atoms with E-state index >= 15 is 0 Å². The third kappa shape index (κ3) is 3.66. The molecular formula is C11H16ClNO. The normalized spacial score (nSPS) is 15.1. The first kappa shape index (κ1) is 11.5. The summed E-state index contributed by atoms with van der Waals surface area (Å²) in [7, 11) is 0. The Labute approximate surface area is 89.7 Å². The number of nitrogens with two attached hydrogens (primary N) is 1. The smallest absolute Gasteiger partial charge is 0.0595 e. The molecule has 2 atom stereocenters. The van der Waals surface area contributed by atoms with Crippen LogP contribution in [0.4, 0.5) is 0 Å². The van der Waals surface area contributed by atoms with Crippen molar-refractivity contribution in [3.63, 3.8) is 0 Å². The molecule has 3 heteroatoms. The van der Waals surface area contributed by atoms with Crippen LogP contribution in [0, 0.1) is 0 Å². The summed E-state index contributed by atoms with van der Waals surface area (Å²) in [4.78, 5) is 0. The summed E-state index contributed by atoms with van der Waals surface area (Å²) in [6, 6.07) is 7.57. The molecule has 2 nitrogen and oxygen atoms in total. The lowest BCUT2D eigenvalue weighted by Crippen LogP contribution is -2.24. The van der Waals surface area contributed by atoms with Gasteiger partial charge in [-0.3, -0.25) is 0 Å². The van der Waals surface area contributed by atoms with Gasteiger partial charge in [0, 0.05) is 11.1 Å². The van der Waals surface area contributed by atoms with Gasteiger partial charge in [-0.25, -0.2) is 0 Å². The molecular weight excluding hydrogens is 198 g/mol. The highest BCUT2D eigenvalue weighted by Gasteiger charge is 2.09. The number of rotatable bonds is 4. The fourth-order valence-corrected chi connectivity index (χ4v) is 1.64. The maximum atomic E-state index is 9.66. The zero-order chi connectivity index (χ0) is 10.6. The Morgan fingerprint density at radius 3 is 2.64 bits per heavy atom. The van der Waals surface area contributed by atoms with Gasteiger partial charge in [0.15, 0.2) is 0 Å². The molecule has 1 aromatic rings. The van der Waals surface area contributed by atoms with E-state index in [1.165, 1.54) is 0 Å². The van der Waals surface area contributed by atoms with Gasteiger partial charge in [-0.15, -0.1) is 0 Å². The molecule has 0 amide bonds. The highest BCUT2D eigenvalue weighted by molar-refractivity contribution is 6.31. The summed E-state index contributed by atoms with van der Waals surface area (Å²) < 4.78 is 0. The fraction of sp³-hybridized carbons (Fsp3) is 0.455. The minimum absolute atomic E-state index is 0.0208. The van der Waals surface area contributed by atoms with Crippen molar-refractivity contribution in [3.8, 4) is 0 Å². The lowest BCUT2D eigenvalue weighted by atomic mass is 10.0.